The van der Waals surface area contributed by atoms with Gasteiger partial charge in [0.2, 0.25) is 5.91 Å². The van der Waals surface area contributed by atoms with E-state index in [1.54, 1.807) is 0 Å². The van der Waals surface area contributed by atoms with Crippen LogP contribution in [0.5, 0.6) is 0 Å². The van der Waals surface area contributed by atoms with Crippen molar-refractivity contribution in [2.24, 2.45) is 0 Å². The van der Waals surface area contributed by atoms with Gasteiger partial charge >= 0.3 is 0 Å². The number of hydrogen-bond acceptors (Lipinski definition) is 2. The van der Waals surface area contributed by atoms with Crippen LogP contribution in [-0.2, 0) is 9.53 Å². The number of nitrogens with one attached hydrogen (secondary N) is 1. The minimum absolute atomic E-state index is 0. The van der Waals surface area contributed by atoms with Crippen molar-refractivity contribution >= 4 is 5.91 Å². The van der Waals surface area contributed by atoms with Crippen LogP contribution in [0.15, 0.2) is 0 Å². The van der Waals surface area contributed by atoms with E-state index in [9.17, 15) is 4.79 Å². The van der Waals surface area contributed by atoms with Gasteiger partial charge in [0.25, 0.3) is 0 Å². The highest BCUT2D eigenvalue weighted by atomic mass is 16.5. The Morgan fingerprint density at radius 2 is 2.36 bits per heavy atom. The Kier molecular flexibility index (Phi) is 2.88. The first-order valence-electron chi connectivity index (χ1n) is 4.09. The minimum Gasteiger partial charge on any atom is -0.369 e. The SMILES string of the molecule is CC(C)OCC(=O)NC1CC1.[HH]. The van der Waals surface area contributed by atoms with E-state index in [4.69, 9.17) is 4.74 Å². The lowest BCUT2D eigenvalue weighted by Gasteiger charge is -2.06. The van der Waals surface area contributed by atoms with Crippen molar-refractivity contribution in [2.45, 2.75) is 38.8 Å². The van der Waals surface area contributed by atoms with Gasteiger partial charge < -0.3 is 10.1 Å². The van der Waals surface area contributed by atoms with Gasteiger partial charge in [-0.2, -0.15) is 0 Å². The minimum atomic E-state index is 0. The van der Waals surface area contributed by atoms with Gasteiger partial charge in [0, 0.05) is 7.47 Å². The molecule has 1 saturated carbocycles. The Balaban J connectivity index is 0.00000121. The zero-order chi connectivity index (χ0) is 8.27. The summed E-state index contributed by atoms with van der Waals surface area (Å²) in [6.07, 6.45) is 2.40. The molecule has 0 spiro atoms. The van der Waals surface area contributed by atoms with Crippen LogP contribution in [-0.4, -0.2) is 24.7 Å². The molecule has 3 nitrogen and oxygen atoms in total. The molecule has 0 aromatic rings. The van der Waals surface area contributed by atoms with Gasteiger partial charge in [0.15, 0.2) is 0 Å². The zero-order valence-electron chi connectivity index (χ0n) is 7.09. The van der Waals surface area contributed by atoms with Crippen molar-refractivity contribution in [1.29, 1.82) is 0 Å². The molecular weight excluding hydrogens is 142 g/mol. The number of ether oxygens (including phenoxy) is 1. The highest BCUT2D eigenvalue weighted by molar-refractivity contribution is 5.77. The monoisotopic (exact) mass is 159 g/mol. The topological polar surface area (TPSA) is 38.3 Å². The molecule has 0 heterocycles. The van der Waals surface area contributed by atoms with Gasteiger partial charge in [0.1, 0.15) is 6.61 Å². The summed E-state index contributed by atoms with van der Waals surface area (Å²) >= 11 is 0. The third-order valence-corrected chi connectivity index (χ3v) is 1.49. The van der Waals surface area contributed by atoms with E-state index in [0.717, 1.165) is 12.8 Å². The summed E-state index contributed by atoms with van der Waals surface area (Å²) in [4.78, 5) is 11.0. The van der Waals surface area contributed by atoms with Crippen LogP contribution in [0.3, 0.4) is 0 Å². The number of amides is 1. The first kappa shape index (κ1) is 8.53. The van der Waals surface area contributed by atoms with Crippen molar-refractivity contribution in [3.8, 4) is 0 Å². The standard InChI is InChI=1S/C8H15NO2.H2/c1-6(2)11-5-8(10)9-7-3-4-7;/h6-7H,3-5H2,1-2H3,(H,9,10);1H. The molecular formula is C8H17NO2. The molecule has 0 saturated heterocycles. The van der Waals surface area contributed by atoms with E-state index in [1.165, 1.54) is 0 Å². The van der Waals surface area contributed by atoms with E-state index in [-0.39, 0.29) is 20.0 Å². The second-order valence-corrected chi connectivity index (χ2v) is 3.20. The summed E-state index contributed by atoms with van der Waals surface area (Å²) < 4.78 is 5.12. The van der Waals surface area contributed by atoms with E-state index in [0.29, 0.717) is 6.04 Å². The summed E-state index contributed by atoms with van der Waals surface area (Å²) in [7, 11) is 0. The molecule has 66 valence electrons. The molecule has 1 amide bonds. The lowest BCUT2D eigenvalue weighted by molar-refractivity contribution is -0.127. The summed E-state index contributed by atoms with van der Waals surface area (Å²) in [6, 6.07) is 0.443. The maximum Gasteiger partial charge on any atom is 0.246 e. The lowest BCUT2D eigenvalue weighted by Crippen LogP contribution is -2.30. The maximum atomic E-state index is 11.0. The fraction of sp³-hybridized carbons (Fsp3) is 0.875. The molecule has 0 aliphatic heterocycles. The summed E-state index contributed by atoms with van der Waals surface area (Å²) in [5.41, 5.74) is 0. The molecule has 0 bridgehead atoms. The number of carbonyl (C=O) groups excluding carboxylic acids is 1. The highest BCUT2D eigenvalue weighted by Gasteiger charge is 2.22. The van der Waals surface area contributed by atoms with Crippen molar-refractivity contribution in [1.82, 2.24) is 5.32 Å². The molecule has 1 N–H and O–H groups in total. The molecule has 1 rings (SSSR count). The molecule has 11 heavy (non-hydrogen) atoms. The molecule has 0 unspecified atom stereocenters. The fourth-order valence-electron chi connectivity index (χ4n) is 0.739. The van der Waals surface area contributed by atoms with Crippen LogP contribution in [0.1, 0.15) is 28.1 Å². The molecule has 1 fully saturated rings. The zero-order valence-corrected chi connectivity index (χ0v) is 7.09. The van der Waals surface area contributed by atoms with Crippen LogP contribution in [0, 0.1) is 0 Å². The number of carbonyl (C=O) groups is 1. The van der Waals surface area contributed by atoms with E-state index >= 15 is 0 Å². The van der Waals surface area contributed by atoms with Crippen molar-refractivity contribution < 1.29 is 11.0 Å². The third-order valence-electron chi connectivity index (χ3n) is 1.49. The van der Waals surface area contributed by atoms with E-state index < -0.39 is 0 Å². The molecule has 0 atom stereocenters. The Bertz CT molecular complexity index is 146. The van der Waals surface area contributed by atoms with Gasteiger partial charge in [-0.15, -0.1) is 0 Å². The van der Waals surface area contributed by atoms with Crippen LogP contribution >= 0.6 is 0 Å². The summed E-state index contributed by atoms with van der Waals surface area (Å²) in [6.45, 7) is 4.04. The van der Waals surface area contributed by atoms with Crippen molar-refractivity contribution in [3.63, 3.8) is 0 Å². The molecule has 1 aliphatic rings. The maximum absolute atomic E-state index is 11.0. The van der Waals surface area contributed by atoms with Crippen molar-refractivity contribution in [2.75, 3.05) is 6.61 Å². The summed E-state index contributed by atoms with van der Waals surface area (Å²) in [5.74, 6) is 0.0150. The van der Waals surface area contributed by atoms with Gasteiger partial charge in [-0.25, -0.2) is 0 Å². The predicted molar refractivity (Wildman–Crippen MR) is 44.4 cm³/mol. The average Bonchev–Trinajstić information content (AvgIpc) is 2.67. The largest absolute Gasteiger partial charge is 0.369 e. The van der Waals surface area contributed by atoms with E-state index in [2.05, 4.69) is 5.32 Å². The Morgan fingerprint density at radius 1 is 1.73 bits per heavy atom. The smallest absolute Gasteiger partial charge is 0.246 e. The van der Waals surface area contributed by atoms with Crippen LogP contribution < -0.4 is 5.32 Å². The Hall–Kier alpha value is -0.570. The van der Waals surface area contributed by atoms with Crippen LogP contribution in [0.2, 0.25) is 0 Å². The molecule has 0 aromatic heterocycles. The van der Waals surface area contributed by atoms with Crippen molar-refractivity contribution in [3.05, 3.63) is 0 Å². The molecule has 3 heteroatoms. The molecule has 0 radical (unpaired) electrons. The quantitative estimate of drug-likeness (QED) is 0.663. The van der Waals surface area contributed by atoms with Gasteiger partial charge in [-0.1, -0.05) is 0 Å². The normalized spacial score (nSPS) is 17.0. The summed E-state index contributed by atoms with van der Waals surface area (Å²) in [5, 5.41) is 2.85. The molecule has 0 aromatic carbocycles. The molecule has 1 aliphatic carbocycles. The average molecular weight is 159 g/mol. The first-order chi connectivity index (χ1) is 5.18. The Labute approximate surface area is 68.6 Å². The Morgan fingerprint density at radius 3 is 2.82 bits per heavy atom. The van der Waals surface area contributed by atoms with Crippen LogP contribution in [0.25, 0.3) is 0 Å². The third kappa shape index (κ3) is 3.98. The van der Waals surface area contributed by atoms with Gasteiger partial charge in [0.05, 0.1) is 6.10 Å². The second-order valence-electron chi connectivity index (χ2n) is 3.20. The first-order valence-corrected chi connectivity index (χ1v) is 4.09. The second kappa shape index (κ2) is 3.72. The van der Waals surface area contributed by atoms with Crippen LogP contribution in [0.4, 0.5) is 0 Å². The predicted octanol–water partition coefficient (Wildman–Crippen LogP) is 0.936. The number of rotatable bonds is 4. The van der Waals surface area contributed by atoms with E-state index in [1.807, 2.05) is 13.8 Å². The lowest BCUT2D eigenvalue weighted by atomic mass is 10.5. The highest BCUT2D eigenvalue weighted by Crippen LogP contribution is 2.18. The van der Waals surface area contributed by atoms with Gasteiger partial charge in [-0.3, -0.25) is 4.79 Å². The number of hydrogen-bond donors (Lipinski definition) is 1. The fourth-order valence-corrected chi connectivity index (χ4v) is 0.739. The van der Waals surface area contributed by atoms with Gasteiger partial charge in [-0.05, 0) is 26.7 Å².